The maximum absolute atomic E-state index is 12.2. The van der Waals surface area contributed by atoms with E-state index in [1.165, 1.54) is 30.4 Å². The molecule has 0 bridgehead atoms. The van der Waals surface area contributed by atoms with Gasteiger partial charge in [0.2, 0.25) is 0 Å². The van der Waals surface area contributed by atoms with Gasteiger partial charge in [-0.3, -0.25) is 19.9 Å². The van der Waals surface area contributed by atoms with Crippen molar-refractivity contribution in [2.24, 2.45) is 0 Å². The highest BCUT2D eigenvalue weighted by molar-refractivity contribution is 6.29. The van der Waals surface area contributed by atoms with Crippen molar-refractivity contribution in [2.45, 2.75) is 6.54 Å². The molecule has 0 aliphatic rings. The van der Waals surface area contributed by atoms with Gasteiger partial charge in [0.05, 0.1) is 23.9 Å². The summed E-state index contributed by atoms with van der Waals surface area (Å²) in [6.45, 7) is 0.0875. The topological polar surface area (TPSA) is 89.2 Å². The van der Waals surface area contributed by atoms with Crippen LogP contribution in [0.5, 0.6) is 0 Å². The maximum atomic E-state index is 12.2. The van der Waals surface area contributed by atoms with Crippen LogP contribution in [0.25, 0.3) is 0 Å². The molecule has 0 radical (unpaired) electrons. The van der Waals surface area contributed by atoms with E-state index in [9.17, 15) is 14.9 Å². The van der Waals surface area contributed by atoms with E-state index >= 15 is 0 Å². The fraction of sp³-hybridized carbons (Fsp3) is 0.154. The highest BCUT2D eigenvalue weighted by Gasteiger charge is 2.19. The fourth-order valence-electron chi connectivity index (χ4n) is 1.79. The molecular formula is C13H11ClN4O3. The number of carbonyl (C=O) groups is 1. The van der Waals surface area contributed by atoms with Crippen molar-refractivity contribution in [3.63, 3.8) is 0 Å². The lowest BCUT2D eigenvalue weighted by Crippen LogP contribution is -2.27. The third-order valence-corrected chi connectivity index (χ3v) is 2.95. The summed E-state index contributed by atoms with van der Waals surface area (Å²) in [5.41, 5.74) is 0.492. The minimum absolute atomic E-state index is 0.0330. The molecule has 0 aliphatic heterocycles. The average Bonchev–Trinajstić information content (AvgIpc) is 2.46. The molecule has 0 spiro atoms. The van der Waals surface area contributed by atoms with Gasteiger partial charge in [-0.25, -0.2) is 4.98 Å². The van der Waals surface area contributed by atoms with Gasteiger partial charge in [-0.05, 0) is 0 Å². The third-order valence-electron chi connectivity index (χ3n) is 2.77. The van der Waals surface area contributed by atoms with E-state index in [0.717, 1.165) is 0 Å². The number of nitro benzene ring substituents is 1. The standard InChI is InChI=1S/C13H11ClN4O3/c1-17(13(19)10-6-15-7-12(14)16-10)8-9-4-2-3-5-11(9)18(20)21/h2-7H,8H2,1H3. The van der Waals surface area contributed by atoms with Crippen LogP contribution in [-0.4, -0.2) is 32.7 Å². The van der Waals surface area contributed by atoms with Crippen LogP contribution in [0.4, 0.5) is 5.69 Å². The molecule has 0 N–H and O–H groups in total. The summed E-state index contributed by atoms with van der Waals surface area (Å²) in [6, 6.07) is 6.25. The van der Waals surface area contributed by atoms with Gasteiger partial charge in [-0.2, -0.15) is 0 Å². The predicted molar refractivity (Wildman–Crippen MR) is 75.9 cm³/mol. The van der Waals surface area contributed by atoms with Crippen molar-refractivity contribution in [2.75, 3.05) is 7.05 Å². The second kappa shape index (κ2) is 6.27. The summed E-state index contributed by atoms with van der Waals surface area (Å²) in [5.74, 6) is -0.414. The van der Waals surface area contributed by atoms with Crippen LogP contribution in [0.3, 0.4) is 0 Å². The number of rotatable bonds is 4. The van der Waals surface area contributed by atoms with E-state index in [1.807, 2.05) is 0 Å². The van der Waals surface area contributed by atoms with E-state index < -0.39 is 10.8 Å². The van der Waals surface area contributed by atoms with Gasteiger partial charge in [-0.1, -0.05) is 29.8 Å². The Morgan fingerprint density at radius 1 is 1.38 bits per heavy atom. The molecule has 0 aliphatic carbocycles. The predicted octanol–water partition coefficient (Wildman–Crippen LogP) is 2.31. The number of hydrogen-bond acceptors (Lipinski definition) is 5. The van der Waals surface area contributed by atoms with Gasteiger partial charge in [0.25, 0.3) is 11.6 Å². The third kappa shape index (κ3) is 3.51. The largest absolute Gasteiger partial charge is 0.336 e. The number of nitro groups is 1. The average molecular weight is 307 g/mol. The Labute approximate surface area is 125 Å². The molecule has 0 fully saturated rings. The minimum Gasteiger partial charge on any atom is -0.336 e. The van der Waals surface area contributed by atoms with E-state index in [1.54, 1.807) is 18.2 Å². The highest BCUT2D eigenvalue weighted by Crippen LogP contribution is 2.19. The number of para-hydroxylation sites is 1. The van der Waals surface area contributed by atoms with Crippen molar-refractivity contribution in [3.05, 3.63) is 63.2 Å². The molecule has 108 valence electrons. The van der Waals surface area contributed by atoms with E-state index in [-0.39, 0.29) is 23.1 Å². The highest BCUT2D eigenvalue weighted by atomic mass is 35.5. The summed E-state index contributed by atoms with van der Waals surface area (Å²) >= 11 is 5.69. The Hall–Kier alpha value is -2.54. The van der Waals surface area contributed by atoms with E-state index in [0.29, 0.717) is 5.56 Å². The smallest absolute Gasteiger partial charge is 0.274 e. The lowest BCUT2D eigenvalue weighted by Gasteiger charge is -2.16. The summed E-state index contributed by atoms with van der Waals surface area (Å²) in [7, 11) is 1.53. The molecular weight excluding hydrogens is 296 g/mol. The molecule has 2 aromatic rings. The van der Waals surface area contributed by atoms with Crippen LogP contribution in [0.1, 0.15) is 16.1 Å². The molecule has 1 aromatic heterocycles. The molecule has 1 amide bonds. The Kier molecular flexibility index (Phi) is 4.44. The molecule has 0 saturated heterocycles. The second-order valence-corrected chi connectivity index (χ2v) is 4.66. The zero-order valence-electron chi connectivity index (χ0n) is 11.1. The molecule has 1 aromatic carbocycles. The van der Waals surface area contributed by atoms with Crippen molar-refractivity contribution in [3.8, 4) is 0 Å². The van der Waals surface area contributed by atoms with Crippen LogP contribution >= 0.6 is 11.6 Å². The fourth-order valence-corrected chi connectivity index (χ4v) is 1.94. The number of nitrogens with zero attached hydrogens (tertiary/aromatic N) is 4. The Morgan fingerprint density at radius 3 is 2.76 bits per heavy atom. The number of aromatic nitrogens is 2. The van der Waals surface area contributed by atoms with Crippen molar-refractivity contribution in [1.29, 1.82) is 0 Å². The monoisotopic (exact) mass is 306 g/mol. The van der Waals surface area contributed by atoms with Gasteiger partial charge in [0.15, 0.2) is 0 Å². The number of amides is 1. The number of benzene rings is 1. The minimum atomic E-state index is -0.479. The van der Waals surface area contributed by atoms with Crippen molar-refractivity contribution in [1.82, 2.24) is 14.9 Å². The molecule has 0 atom stereocenters. The number of hydrogen-bond donors (Lipinski definition) is 0. The van der Waals surface area contributed by atoms with Crippen LogP contribution in [0.2, 0.25) is 5.15 Å². The van der Waals surface area contributed by atoms with Crippen molar-refractivity contribution >= 4 is 23.2 Å². The first-order valence-corrected chi connectivity index (χ1v) is 6.32. The van der Waals surface area contributed by atoms with Crippen LogP contribution in [0.15, 0.2) is 36.7 Å². The Bertz CT molecular complexity index is 693. The van der Waals surface area contributed by atoms with Gasteiger partial charge in [-0.15, -0.1) is 0 Å². The molecule has 8 heteroatoms. The molecule has 0 saturated carbocycles. The van der Waals surface area contributed by atoms with Crippen molar-refractivity contribution < 1.29 is 9.72 Å². The SMILES string of the molecule is CN(Cc1ccccc1[N+](=O)[O-])C(=O)c1cncc(Cl)n1. The first-order chi connectivity index (χ1) is 9.99. The molecule has 1 heterocycles. The molecule has 0 unspecified atom stereocenters. The Balaban J connectivity index is 2.20. The number of halogens is 1. The number of carbonyl (C=O) groups excluding carboxylic acids is 1. The first kappa shape index (κ1) is 14.9. The van der Waals surface area contributed by atoms with Gasteiger partial charge < -0.3 is 4.90 Å². The lowest BCUT2D eigenvalue weighted by atomic mass is 10.1. The zero-order valence-corrected chi connectivity index (χ0v) is 11.8. The van der Waals surface area contributed by atoms with Gasteiger partial charge >= 0.3 is 0 Å². The van der Waals surface area contributed by atoms with Gasteiger partial charge in [0, 0.05) is 18.7 Å². The lowest BCUT2D eigenvalue weighted by molar-refractivity contribution is -0.385. The summed E-state index contributed by atoms with van der Waals surface area (Å²) in [4.78, 5) is 31.6. The molecule has 21 heavy (non-hydrogen) atoms. The first-order valence-electron chi connectivity index (χ1n) is 5.94. The maximum Gasteiger partial charge on any atom is 0.274 e. The zero-order chi connectivity index (χ0) is 15.4. The summed E-state index contributed by atoms with van der Waals surface area (Å²) in [6.07, 6.45) is 2.62. The van der Waals surface area contributed by atoms with E-state index in [4.69, 9.17) is 11.6 Å². The normalized spacial score (nSPS) is 10.2. The quantitative estimate of drug-likeness (QED) is 0.638. The van der Waals surface area contributed by atoms with Crippen LogP contribution in [-0.2, 0) is 6.54 Å². The van der Waals surface area contributed by atoms with Gasteiger partial charge in [0.1, 0.15) is 10.8 Å². The van der Waals surface area contributed by atoms with E-state index in [2.05, 4.69) is 9.97 Å². The molecule has 2 rings (SSSR count). The molecule has 7 nitrogen and oxygen atoms in total. The van der Waals surface area contributed by atoms with Crippen LogP contribution < -0.4 is 0 Å². The Morgan fingerprint density at radius 2 is 2.10 bits per heavy atom. The summed E-state index contributed by atoms with van der Waals surface area (Å²) in [5, 5.41) is 11.1. The second-order valence-electron chi connectivity index (χ2n) is 4.27. The van der Waals surface area contributed by atoms with Crippen LogP contribution in [0, 0.1) is 10.1 Å². The summed E-state index contributed by atoms with van der Waals surface area (Å²) < 4.78 is 0.